The fourth-order valence-electron chi connectivity index (χ4n) is 4.19. The van der Waals surface area contributed by atoms with Crippen molar-refractivity contribution in [2.45, 2.75) is 72.1 Å². The van der Waals surface area contributed by atoms with E-state index < -0.39 is 0 Å². The van der Waals surface area contributed by atoms with Crippen LogP contribution in [0.4, 0.5) is 5.82 Å². The number of piperidine rings is 1. The standard InChI is InChI=1S/C21H32N4OS/c1-13-7-9-25(10-8-13)12-18-23-20(22-15(3)17-6-5-11-26-17)19-14(2)16(4)27-21(19)24-18/h13,15,17H,5-12H2,1-4H3,(H,22,23,24). The predicted molar refractivity (Wildman–Crippen MR) is 113 cm³/mol. The molecule has 0 saturated carbocycles. The van der Waals surface area contributed by atoms with Crippen LogP contribution in [0.1, 0.15) is 55.8 Å². The third-order valence-electron chi connectivity index (χ3n) is 6.20. The van der Waals surface area contributed by atoms with Crippen molar-refractivity contribution in [3.05, 3.63) is 16.3 Å². The topological polar surface area (TPSA) is 50.3 Å². The second-order valence-corrected chi connectivity index (χ2v) is 9.60. The van der Waals surface area contributed by atoms with E-state index in [9.17, 15) is 0 Å². The summed E-state index contributed by atoms with van der Waals surface area (Å²) in [5.74, 6) is 2.78. The SMILES string of the molecule is Cc1sc2nc(CN3CCC(C)CC3)nc(NC(C)C3CCCO3)c2c1C. The molecule has 0 aliphatic carbocycles. The minimum absolute atomic E-state index is 0.258. The molecule has 2 unspecified atom stereocenters. The Kier molecular flexibility index (Phi) is 5.67. The van der Waals surface area contributed by atoms with Gasteiger partial charge in [0.2, 0.25) is 0 Å². The largest absolute Gasteiger partial charge is 0.376 e. The number of hydrogen-bond acceptors (Lipinski definition) is 6. The molecule has 4 heterocycles. The zero-order valence-electron chi connectivity index (χ0n) is 17.0. The lowest BCUT2D eigenvalue weighted by Crippen LogP contribution is -2.33. The molecule has 148 valence electrons. The van der Waals surface area contributed by atoms with Gasteiger partial charge >= 0.3 is 0 Å². The molecule has 2 atom stereocenters. The van der Waals surface area contributed by atoms with Crippen molar-refractivity contribution in [2.24, 2.45) is 5.92 Å². The number of aromatic nitrogens is 2. The van der Waals surface area contributed by atoms with Gasteiger partial charge in [-0.2, -0.15) is 0 Å². The number of thiophene rings is 1. The highest BCUT2D eigenvalue weighted by atomic mass is 32.1. The first-order valence-electron chi connectivity index (χ1n) is 10.4. The molecule has 27 heavy (non-hydrogen) atoms. The van der Waals surface area contributed by atoms with Crippen LogP contribution in [0.3, 0.4) is 0 Å². The molecule has 0 aromatic carbocycles. The molecular weight excluding hydrogens is 356 g/mol. The van der Waals surface area contributed by atoms with Gasteiger partial charge in [-0.05, 0) is 71.0 Å². The van der Waals surface area contributed by atoms with Crippen molar-refractivity contribution >= 4 is 27.4 Å². The maximum atomic E-state index is 5.88. The van der Waals surface area contributed by atoms with E-state index in [2.05, 4.69) is 37.9 Å². The monoisotopic (exact) mass is 388 g/mol. The lowest BCUT2D eigenvalue weighted by atomic mass is 9.99. The third kappa shape index (κ3) is 4.13. The molecule has 0 amide bonds. The van der Waals surface area contributed by atoms with Gasteiger partial charge in [-0.25, -0.2) is 9.97 Å². The lowest BCUT2D eigenvalue weighted by molar-refractivity contribution is 0.0996. The average molecular weight is 389 g/mol. The highest BCUT2D eigenvalue weighted by molar-refractivity contribution is 7.18. The quantitative estimate of drug-likeness (QED) is 0.816. The van der Waals surface area contributed by atoms with E-state index >= 15 is 0 Å². The number of fused-ring (bicyclic) bond motifs is 1. The van der Waals surface area contributed by atoms with Gasteiger partial charge in [0.1, 0.15) is 16.5 Å². The van der Waals surface area contributed by atoms with Crippen molar-refractivity contribution in [1.82, 2.24) is 14.9 Å². The summed E-state index contributed by atoms with van der Waals surface area (Å²) in [6, 6.07) is 0.258. The fourth-order valence-corrected chi connectivity index (χ4v) is 5.24. The van der Waals surface area contributed by atoms with Crippen molar-refractivity contribution in [3.63, 3.8) is 0 Å². The zero-order valence-corrected chi connectivity index (χ0v) is 17.9. The zero-order chi connectivity index (χ0) is 19.0. The summed E-state index contributed by atoms with van der Waals surface area (Å²) in [5, 5.41) is 4.87. The van der Waals surface area contributed by atoms with Crippen LogP contribution in [0.25, 0.3) is 10.2 Å². The van der Waals surface area contributed by atoms with Gasteiger partial charge in [-0.3, -0.25) is 4.90 Å². The normalized spacial score (nSPS) is 23.2. The van der Waals surface area contributed by atoms with E-state index in [-0.39, 0.29) is 12.1 Å². The Morgan fingerprint density at radius 3 is 2.70 bits per heavy atom. The minimum atomic E-state index is 0.258. The van der Waals surface area contributed by atoms with E-state index in [1.165, 1.54) is 28.7 Å². The van der Waals surface area contributed by atoms with Gasteiger partial charge in [0, 0.05) is 11.5 Å². The van der Waals surface area contributed by atoms with Gasteiger partial charge in [-0.15, -0.1) is 11.3 Å². The maximum Gasteiger partial charge on any atom is 0.146 e. The van der Waals surface area contributed by atoms with Crippen LogP contribution in [0.2, 0.25) is 0 Å². The van der Waals surface area contributed by atoms with Gasteiger partial charge in [0.15, 0.2) is 0 Å². The van der Waals surface area contributed by atoms with Gasteiger partial charge in [0.25, 0.3) is 0 Å². The summed E-state index contributed by atoms with van der Waals surface area (Å²) in [5.41, 5.74) is 1.30. The number of nitrogens with one attached hydrogen (secondary N) is 1. The smallest absolute Gasteiger partial charge is 0.146 e. The lowest BCUT2D eigenvalue weighted by Gasteiger charge is -2.29. The predicted octanol–water partition coefficient (Wildman–Crippen LogP) is 4.52. The average Bonchev–Trinajstić information content (AvgIpc) is 3.26. The van der Waals surface area contributed by atoms with E-state index in [0.717, 1.165) is 61.5 Å². The molecule has 5 nitrogen and oxygen atoms in total. The molecule has 2 aliphatic rings. The van der Waals surface area contributed by atoms with Gasteiger partial charge in [-0.1, -0.05) is 6.92 Å². The van der Waals surface area contributed by atoms with Crippen molar-refractivity contribution < 1.29 is 4.74 Å². The number of ether oxygens (including phenoxy) is 1. The van der Waals surface area contributed by atoms with Gasteiger partial charge < -0.3 is 10.1 Å². The molecule has 4 rings (SSSR count). The van der Waals surface area contributed by atoms with E-state index in [1.54, 1.807) is 11.3 Å². The van der Waals surface area contributed by atoms with Crippen molar-refractivity contribution in [1.29, 1.82) is 0 Å². The Balaban J connectivity index is 1.61. The van der Waals surface area contributed by atoms with E-state index in [1.807, 2.05) is 0 Å². The Bertz CT molecular complexity index is 791. The molecule has 2 fully saturated rings. The van der Waals surface area contributed by atoms with Crippen molar-refractivity contribution in [2.75, 3.05) is 25.0 Å². The fraction of sp³-hybridized carbons (Fsp3) is 0.714. The summed E-state index contributed by atoms with van der Waals surface area (Å²) in [6.07, 6.45) is 5.12. The Hall–Kier alpha value is -1.24. The molecule has 2 aromatic rings. The van der Waals surface area contributed by atoms with Crippen LogP contribution < -0.4 is 5.32 Å². The first-order chi connectivity index (χ1) is 13.0. The van der Waals surface area contributed by atoms with E-state index in [4.69, 9.17) is 14.7 Å². The summed E-state index contributed by atoms with van der Waals surface area (Å²) in [6.45, 7) is 13.0. The van der Waals surface area contributed by atoms with Crippen LogP contribution >= 0.6 is 11.3 Å². The number of anilines is 1. The second kappa shape index (κ2) is 8.02. The molecule has 2 aliphatic heterocycles. The number of hydrogen-bond donors (Lipinski definition) is 1. The number of nitrogens with zero attached hydrogens (tertiary/aromatic N) is 3. The Morgan fingerprint density at radius 1 is 1.22 bits per heavy atom. The molecule has 6 heteroatoms. The van der Waals surface area contributed by atoms with Crippen LogP contribution in [0.5, 0.6) is 0 Å². The minimum Gasteiger partial charge on any atom is -0.376 e. The highest BCUT2D eigenvalue weighted by Gasteiger charge is 2.25. The molecular formula is C21H32N4OS. The van der Waals surface area contributed by atoms with E-state index in [0.29, 0.717) is 0 Å². The van der Waals surface area contributed by atoms with Crippen molar-refractivity contribution in [3.8, 4) is 0 Å². The first-order valence-corrected chi connectivity index (χ1v) is 11.2. The molecule has 0 spiro atoms. The Labute approximate surface area is 166 Å². The first kappa shape index (κ1) is 19.1. The molecule has 1 N–H and O–H groups in total. The van der Waals surface area contributed by atoms with Gasteiger partial charge in [0.05, 0.1) is 24.1 Å². The molecule has 0 radical (unpaired) electrons. The van der Waals surface area contributed by atoms with Crippen LogP contribution in [-0.4, -0.2) is 46.7 Å². The molecule has 2 saturated heterocycles. The molecule has 2 aromatic heterocycles. The summed E-state index contributed by atoms with van der Waals surface area (Å²) in [4.78, 5) is 14.9. The third-order valence-corrected chi connectivity index (χ3v) is 7.30. The number of rotatable bonds is 5. The second-order valence-electron chi connectivity index (χ2n) is 8.39. The van der Waals surface area contributed by atoms with Crippen LogP contribution in [0.15, 0.2) is 0 Å². The summed E-state index contributed by atoms with van der Waals surface area (Å²) in [7, 11) is 0. The summed E-state index contributed by atoms with van der Waals surface area (Å²) >= 11 is 1.79. The van der Waals surface area contributed by atoms with Crippen LogP contribution in [-0.2, 0) is 11.3 Å². The maximum absolute atomic E-state index is 5.88. The summed E-state index contributed by atoms with van der Waals surface area (Å²) < 4.78 is 5.88. The number of likely N-dealkylation sites (tertiary alicyclic amines) is 1. The Morgan fingerprint density at radius 2 is 2.00 bits per heavy atom. The van der Waals surface area contributed by atoms with Crippen LogP contribution in [0, 0.1) is 19.8 Å². The number of aryl methyl sites for hydroxylation is 2. The highest BCUT2D eigenvalue weighted by Crippen LogP contribution is 2.34. The molecule has 0 bridgehead atoms.